The molecule has 1 aliphatic rings. The Hall–Kier alpha value is -1.15. The standard InChI is InChI=1S/C20H31NO/c1-4-13-21(14-5-2)18-12-11-16(3)19(15-18)20(22)17-9-7-6-8-10-17/h6-10,16,18-19H,4-5,11-15H2,1-3H3. The summed E-state index contributed by atoms with van der Waals surface area (Å²) < 4.78 is 0. The van der Waals surface area contributed by atoms with Crippen LogP contribution >= 0.6 is 0 Å². The van der Waals surface area contributed by atoms with E-state index >= 15 is 0 Å². The van der Waals surface area contributed by atoms with Crippen LogP contribution in [0.4, 0.5) is 0 Å². The van der Waals surface area contributed by atoms with E-state index in [9.17, 15) is 4.79 Å². The highest BCUT2D eigenvalue weighted by molar-refractivity contribution is 5.98. The molecule has 3 atom stereocenters. The first-order valence-electron chi connectivity index (χ1n) is 9.00. The minimum atomic E-state index is 0.192. The average molecular weight is 301 g/mol. The Labute approximate surface area is 135 Å². The number of nitrogens with zero attached hydrogens (tertiary/aromatic N) is 1. The predicted molar refractivity (Wildman–Crippen MR) is 93.2 cm³/mol. The molecule has 1 aromatic rings. The van der Waals surface area contributed by atoms with Gasteiger partial charge in [-0.3, -0.25) is 4.79 Å². The molecule has 0 amide bonds. The van der Waals surface area contributed by atoms with Gasteiger partial charge in [-0.25, -0.2) is 0 Å². The predicted octanol–water partition coefficient (Wildman–Crippen LogP) is 4.80. The summed E-state index contributed by atoms with van der Waals surface area (Å²) in [5.74, 6) is 1.05. The third-order valence-electron chi connectivity index (χ3n) is 5.10. The van der Waals surface area contributed by atoms with Crippen molar-refractivity contribution in [1.29, 1.82) is 0 Å². The fourth-order valence-electron chi connectivity index (χ4n) is 3.86. The molecule has 0 spiro atoms. The highest BCUT2D eigenvalue weighted by Gasteiger charge is 2.35. The van der Waals surface area contributed by atoms with Crippen LogP contribution in [0.3, 0.4) is 0 Å². The van der Waals surface area contributed by atoms with Crippen molar-refractivity contribution in [3.63, 3.8) is 0 Å². The van der Waals surface area contributed by atoms with Crippen molar-refractivity contribution >= 4 is 5.78 Å². The summed E-state index contributed by atoms with van der Waals surface area (Å²) in [6.45, 7) is 9.09. The molecular weight excluding hydrogens is 270 g/mol. The van der Waals surface area contributed by atoms with Crippen LogP contribution in [0.1, 0.15) is 63.2 Å². The van der Waals surface area contributed by atoms with Crippen molar-refractivity contribution in [3.8, 4) is 0 Å². The maximum atomic E-state index is 12.9. The molecule has 0 radical (unpaired) electrons. The number of hydrogen-bond donors (Lipinski definition) is 0. The van der Waals surface area contributed by atoms with Crippen molar-refractivity contribution < 1.29 is 4.79 Å². The molecule has 0 saturated heterocycles. The smallest absolute Gasteiger partial charge is 0.166 e. The van der Waals surface area contributed by atoms with E-state index in [4.69, 9.17) is 0 Å². The van der Waals surface area contributed by atoms with Crippen LogP contribution in [0, 0.1) is 11.8 Å². The third-order valence-corrected chi connectivity index (χ3v) is 5.10. The molecule has 0 aromatic heterocycles. The Morgan fingerprint density at radius 3 is 2.32 bits per heavy atom. The van der Waals surface area contributed by atoms with Gasteiger partial charge >= 0.3 is 0 Å². The summed E-state index contributed by atoms with van der Waals surface area (Å²) in [5.41, 5.74) is 0.887. The quantitative estimate of drug-likeness (QED) is 0.674. The number of ketones is 1. The zero-order valence-electron chi connectivity index (χ0n) is 14.4. The maximum Gasteiger partial charge on any atom is 0.166 e. The zero-order valence-corrected chi connectivity index (χ0v) is 14.4. The summed E-state index contributed by atoms with van der Waals surface area (Å²) in [6, 6.07) is 10.4. The van der Waals surface area contributed by atoms with E-state index < -0.39 is 0 Å². The van der Waals surface area contributed by atoms with Crippen molar-refractivity contribution in [2.45, 2.75) is 58.9 Å². The summed E-state index contributed by atoms with van der Waals surface area (Å²) in [5, 5.41) is 0. The highest BCUT2D eigenvalue weighted by Crippen LogP contribution is 2.34. The van der Waals surface area contributed by atoms with Crippen LogP contribution in [-0.2, 0) is 0 Å². The summed E-state index contributed by atoms with van der Waals surface area (Å²) in [4.78, 5) is 15.5. The lowest BCUT2D eigenvalue weighted by Gasteiger charge is -2.40. The van der Waals surface area contributed by atoms with Crippen molar-refractivity contribution in [2.24, 2.45) is 11.8 Å². The summed E-state index contributed by atoms with van der Waals surface area (Å²) in [7, 11) is 0. The lowest BCUT2D eigenvalue weighted by molar-refractivity contribution is 0.0683. The molecule has 0 bridgehead atoms. The van der Waals surface area contributed by atoms with Crippen molar-refractivity contribution in [1.82, 2.24) is 4.90 Å². The summed E-state index contributed by atoms with van der Waals surface area (Å²) in [6.07, 6.45) is 5.86. The van der Waals surface area contributed by atoms with Gasteiger partial charge in [0, 0.05) is 17.5 Å². The van der Waals surface area contributed by atoms with Gasteiger partial charge in [0.25, 0.3) is 0 Å². The van der Waals surface area contributed by atoms with E-state index in [2.05, 4.69) is 25.7 Å². The van der Waals surface area contributed by atoms with E-state index in [0.29, 0.717) is 17.7 Å². The molecule has 0 heterocycles. The summed E-state index contributed by atoms with van der Waals surface area (Å²) >= 11 is 0. The van der Waals surface area contributed by atoms with Crippen LogP contribution in [0.5, 0.6) is 0 Å². The lowest BCUT2D eigenvalue weighted by atomic mass is 9.74. The molecule has 122 valence electrons. The van der Waals surface area contributed by atoms with Gasteiger partial charge in [-0.2, -0.15) is 0 Å². The Balaban J connectivity index is 2.08. The number of carbonyl (C=O) groups excluding carboxylic acids is 1. The maximum absolute atomic E-state index is 12.9. The normalized spacial score (nSPS) is 25.4. The van der Waals surface area contributed by atoms with Gasteiger partial charge in [0.2, 0.25) is 0 Å². The van der Waals surface area contributed by atoms with Crippen LogP contribution in [-0.4, -0.2) is 29.8 Å². The molecule has 1 aromatic carbocycles. The number of rotatable bonds is 7. The molecule has 1 saturated carbocycles. The van der Waals surface area contributed by atoms with E-state index in [1.54, 1.807) is 0 Å². The minimum absolute atomic E-state index is 0.192. The lowest BCUT2D eigenvalue weighted by Crippen LogP contribution is -2.43. The van der Waals surface area contributed by atoms with Crippen LogP contribution in [0.25, 0.3) is 0 Å². The van der Waals surface area contributed by atoms with E-state index in [0.717, 1.165) is 12.0 Å². The Bertz CT molecular complexity index is 450. The van der Waals surface area contributed by atoms with Gasteiger partial charge in [-0.05, 0) is 51.1 Å². The molecular formula is C20H31NO. The van der Waals surface area contributed by atoms with E-state index in [1.807, 2.05) is 30.3 Å². The molecule has 3 unspecified atom stereocenters. The van der Waals surface area contributed by atoms with Crippen molar-refractivity contribution in [3.05, 3.63) is 35.9 Å². The Morgan fingerprint density at radius 1 is 1.09 bits per heavy atom. The number of benzene rings is 1. The number of Topliss-reactive ketones (excluding diaryl/α,β-unsaturated/α-hetero) is 1. The molecule has 1 fully saturated rings. The Morgan fingerprint density at radius 2 is 1.73 bits per heavy atom. The second-order valence-electron chi connectivity index (χ2n) is 6.82. The molecule has 2 heteroatoms. The van der Waals surface area contributed by atoms with E-state index in [-0.39, 0.29) is 5.92 Å². The average Bonchev–Trinajstić information content (AvgIpc) is 2.55. The minimum Gasteiger partial charge on any atom is -0.300 e. The first kappa shape index (κ1) is 17.2. The van der Waals surface area contributed by atoms with Gasteiger partial charge in [-0.1, -0.05) is 51.1 Å². The van der Waals surface area contributed by atoms with Crippen LogP contribution < -0.4 is 0 Å². The second-order valence-corrected chi connectivity index (χ2v) is 6.82. The molecule has 0 aliphatic heterocycles. The number of carbonyl (C=O) groups is 1. The van der Waals surface area contributed by atoms with Gasteiger partial charge in [0.15, 0.2) is 5.78 Å². The van der Waals surface area contributed by atoms with Crippen molar-refractivity contribution in [2.75, 3.05) is 13.1 Å². The fraction of sp³-hybridized carbons (Fsp3) is 0.650. The molecule has 0 N–H and O–H groups in total. The van der Waals surface area contributed by atoms with Gasteiger partial charge < -0.3 is 4.90 Å². The third kappa shape index (κ3) is 4.19. The Kier molecular flexibility index (Phi) is 6.63. The van der Waals surface area contributed by atoms with Crippen LogP contribution in [0.2, 0.25) is 0 Å². The highest BCUT2D eigenvalue weighted by atomic mass is 16.1. The zero-order chi connectivity index (χ0) is 15.9. The largest absolute Gasteiger partial charge is 0.300 e. The van der Waals surface area contributed by atoms with Gasteiger partial charge in [0.05, 0.1) is 0 Å². The SMILES string of the molecule is CCCN(CCC)C1CCC(C)C(C(=O)c2ccccc2)C1. The van der Waals surface area contributed by atoms with Gasteiger partial charge in [0.1, 0.15) is 0 Å². The van der Waals surface area contributed by atoms with Gasteiger partial charge in [-0.15, -0.1) is 0 Å². The second kappa shape index (κ2) is 8.47. The molecule has 22 heavy (non-hydrogen) atoms. The molecule has 2 rings (SSSR count). The fourth-order valence-corrected chi connectivity index (χ4v) is 3.86. The molecule has 1 aliphatic carbocycles. The number of hydrogen-bond acceptors (Lipinski definition) is 2. The monoisotopic (exact) mass is 301 g/mol. The van der Waals surface area contributed by atoms with Crippen LogP contribution in [0.15, 0.2) is 30.3 Å². The topological polar surface area (TPSA) is 20.3 Å². The first-order chi connectivity index (χ1) is 10.7. The first-order valence-corrected chi connectivity index (χ1v) is 9.00. The molecule has 2 nitrogen and oxygen atoms in total. The van der Waals surface area contributed by atoms with E-state index in [1.165, 1.54) is 38.8 Å².